The van der Waals surface area contributed by atoms with E-state index in [0.29, 0.717) is 5.82 Å². The van der Waals surface area contributed by atoms with E-state index in [1.807, 2.05) is 41.0 Å². The van der Waals surface area contributed by atoms with Crippen LogP contribution < -0.4 is 5.73 Å². The second-order valence-corrected chi connectivity index (χ2v) is 5.59. The highest BCUT2D eigenvalue weighted by Gasteiger charge is 2.16. The first-order valence-electron chi connectivity index (χ1n) is 6.73. The van der Waals surface area contributed by atoms with Crippen LogP contribution in [-0.4, -0.2) is 14.5 Å². The Kier molecular flexibility index (Phi) is 3.75. The number of anilines is 1. The molecule has 21 heavy (non-hydrogen) atoms. The number of hydrogen-bond acceptors (Lipinski definition) is 3. The number of nitrogen functional groups attached to an aromatic ring is 1. The molecule has 0 atom stereocenters. The van der Waals surface area contributed by atoms with E-state index in [2.05, 4.69) is 27.8 Å². The number of nitrogens with zero attached hydrogens (tertiary/aromatic N) is 3. The second-order valence-electron chi connectivity index (χ2n) is 4.67. The lowest BCUT2D eigenvalue weighted by Gasteiger charge is -2.06. The van der Waals surface area contributed by atoms with Crippen molar-refractivity contribution in [2.24, 2.45) is 0 Å². The first-order valence-corrected chi connectivity index (χ1v) is 7.52. The van der Waals surface area contributed by atoms with Gasteiger partial charge in [0, 0.05) is 34.5 Å². The van der Waals surface area contributed by atoms with Crippen molar-refractivity contribution in [2.75, 3.05) is 5.73 Å². The molecule has 2 aromatic heterocycles. The van der Waals surface area contributed by atoms with E-state index in [4.69, 9.17) is 10.7 Å². The second kappa shape index (κ2) is 5.69. The van der Waals surface area contributed by atoms with Gasteiger partial charge in [-0.2, -0.15) is 0 Å². The first-order chi connectivity index (χ1) is 10.2. The van der Waals surface area contributed by atoms with E-state index in [1.54, 1.807) is 12.4 Å². The Morgan fingerprint density at radius 2 is 1.90 bits per heavy atom. The van der Waals surface area contributed by atoms with Gasteiger partial charge in [-0.3, -0.25) is 4.98 Å². The minimum absolute atomic E-state index is 0.663. The van der Waals surface area contributed by atoms with Crippen molar-refractivity contribution in [3.05, 3.63) is 53.3 Å². The zero-order chi connectivity index (χ0) is 14.8. The third kappa shape index (κ3) is 2.56. The van der Waals surface area contributed by atoms with Gasteiger partial charge in [0.25, 0.3) is 0 Å². The molecule has 0 amide bonds. The molecule has 0 bridgehead atoms. The highest BCUT2D eigenvalue weighted by atomic mass is 79.9. The number of imidazole rings is 1. The van der Waals surface area contributed by atoms with Crippen LogP contribution in [0.1, 0.15) is 6.92 Å². The smallest absolute Gasteiger partial charge is 0.142 e. The molecule has 0 aliphatic rings. The molecule has 0 unspecified atom stereocenters. The van der Waals surface area contributed by atoms with Gasteiger partial charge in [0.1, 0.15) is 17.3 Å². The predicted molar refractivity (Wildman–Crippen MR) is 88.7 cm³/mol. The number of halogens is 1. The standard InChI is InChI=1S/C16H15BrN4/c1-2-21-15(18)14(12-8-13(17)10-19-9-12)20-16(21)11-6-4-3-5-7-11/h3-10H,2,18H2,1H3. The average Bonchev–Trinajstić information content (AvgIpc) is 2.85. The Balaban J connectivity index is 2.18. The molecule has 0 saturated heterocycles. The van der Waals surface area contributed by atoms with Crippen LogP contribution in [0.2, 0.25) is 0 Å². The molecule has 0 spiro atoms. The fourth-order valence-corrected chi connectivity index (χ4v) is 2.71. The molecular formula is C16H15BrN4. The summed E-state index contributed by atoms with van der Waals surface area (Å²) in [6.45, 7) is 2.83. The molecule has 5 heteroatoms. The van der Waals surface area contributed by atoms with Gasteiger partial charge < -0.3 is 10.3 Å². The zero-order valence-corrected chi connectivity index (χ0v) is 13.2. The van der Waals surface area contributed by atoms with Crippen molar-refractivity contribution >= 4 is 21.7 Å². The van der Waals surface area contributed by atoms with E-state index in [1.165, 1.54) is 0 Å². The summed E-state index contributed by atoms with van der Waals surface area (Å²) in [5.41, 5.74) is 9.02. The Morgan fingerprint density at radius 1 is 1.14 bits per heavy atom. The lowest BCUT2D eigenvalue weighted by molar-refractivity contribution is 0.781. The number of hydrogen-bond donors (Lipinski definition) is 1. The largest absolute Gasteiger partial charge is 0.383 e. The fraction of sp³-hybridized carbons (Fsp3) is 0.125. The number of benzene rings is 1. The maximum absolute atomic E-state index is 6.29. The molecule has 2 N–H and O–H groups in total. The van der Waals surface area contributed by atoms with Gasteiger partial charge in [-0.15, -0.1) is 0 Å². The number of rotatable bonds is 3. The molecule has 0 aliphatic carbocycles. The first kappa shape index (κ1) is 13.8. The lowest BCUT2D eigenvalue weighted by atomic mass is 10.2. The van der Waals surface area contributed by atoms with Crippen LogP contribution in [0, 0.1) is 0 Å². The summed E-state index contributed by atoms with van der Waals surface area (Å²) in [6, 6.07) is 12.0. The average molecular weight is 343 g/mol. The van der Waals surface area contributed by atoms with E-state index in [0.717, 1.165) is 33.7 Å². The minimum Gasteiger partial charge on any atom is -0.383 e. The van der Waals surface area contributed by atoms with Crippen molar-refractivity contribution in [3.63, 3.8) is 0 Å². The van der Waals surface area contributed by atoms with Crippen molar-refractivity contribution in [2.45, 2.75) is 13.5 Å². The summed E-state index contributed by atoms with van der Waals surface area (Å²) in [5, 5.41) is 0. The molecule has 0 aliphatic heterocycles. The van der Waals surface area contributed by atoms with Crippen LogP contribution in [0.3, 0.4) is 0 Å². The lowest BCUT2D eigenvalue weighted by Crippen LogP contribution is -2.02. The van der Waals surface area contributed by atoms with Gasteiger partial charge in [-0.25, -0.2) is 4.98 Å². The predicted octanol–water partition coefficient (Wildman–Crippen LogP) is 3.98. The van der Waals surface area contributed by atoms with E-state index < -0.39 is 0 Å². The van der Waals surface area contributed by atoms with Crippen LogP contribution in [-0.2, 0) is 6.54 Å². The highest BCUT2D eigenvalue weighted by molar-refractivity contribution is 9.10. The maximum atomic E-state index is 6.29. The molecule has 2 heterocycles. The third-order valence-corrected chi connectivity index (χ3v) is 3.77. The number of pyridine rings is 1. The van der Waals surface area contributed by atoms with Crippen LogP contribution in [0.5, 0.6) is 0 Å². The van der Waals surface area contributed by atoms with Gasteiger partial charge in [0.15, 0.2) is 0 Å². The molecule has 1 aromatic carbocycles. The molecule has 4 nitrogen and oxygen atoms in total. The minimum atomic E-state index is 0.663. The number of nitrogens with two attached hydrogens (primary N) is 1. The van der Waals surface area contributed by atoms with Gasteiger partial charge in [-0.05, 0) is 28.9 Å². The summed E-state index contributed by atoms with van der Waals surface area (Å²) >= 11 is 3.43. The third-order valence-electron chi connectivity index (χ3n) is 3.33. The summed E-state index contributed by atoms with van der Waals surface area (Å²) in [4.78, 5) is 8.93. The molecule has 106 valence electrons. The summed E-state index contributed by atoms with van der Waals surface area (Å²) in [6.07, 6.45) is 3.52. The Morgan fingerprint density at radius 3 is 2.57 bits per heavy atom. The van der Waals surface area contributed by atoms with Crippen molar-refractivity contribution in [1.82, 2.24) is 14.5 Å². The maximum Gasteiger partial charge on any atom is 0.142 e. The van der Waals surface area contributed by atoms with E-state index in [9.17, 15) is 0 Å². The molecular weight excluding hydrogens is 328 g/mol. The Hall–Kier alpha value is -2.14. The van der Waals surface area contributed by atoms with Gasteiger partial charge in [0.05, 0.1) is 0 Å². The quantitative estimate of drug-likeness (QED) is 0.783. The van der Waals surface area contributed by atoms with Crippen molar-refractivity contribution in [3.8, 4) is 22.6 Å². The van der Waals surface area contributed by atoms with Crippen molar-refractivity contribution in [1.29, 1.82) is 0 Å². The van der Waals surface area contributed by atoms with Crippen molar-refractivity contribution < 1.29 is 0 Å². The highest BCUT2D eigenvalue weighted by Crippen LogP contribution is 2.31. The Labute approximate surface area is 131 Å². The van der Waals surface area contributed by atoms with Gasteiger partial charge in [0.2, 0.25) is 0 Å². The van der Waals surface area contributed by atoms with Crippen LogP contribution in [0.15, 0.2) is 53.3 Å². The van der Waals surface area contributed by atoms with Gasteiger partial charge in [-0.1, -0.05) is 30.3 Å². The topological polar surface area (TPSA) is 56.7 Å². The molecule has 0 radical (unpaired) electrons. The molecule has 0 saturated carbocycles. The SMILES string of the molecule is CCn1c(-c2ccccc2)nc(-c2cncc(Br)c2)c1N. The molecule has 3 aromatic rings. The molecule has 0 fully saturated rings. The summed E-state index contributed by atoms with van der Waals surface area (Å²) in [5.74, 6) is 1.54. The monoisotopic (exact) mass is 342 g/mol. The Bertz CT molecular complexity index is 765. The van der Waals surface area contributed by atoms with Crippen LogP contribution in [0.25, 0.3) is 22.6 Å². The van der Waals surface area contributed by atoms with Gasteiger partial charge >= 0.3 is 0 Å². The van der Waals surface area contributed by atoms with Crippen LogP contribution in [0.4, 0.5) is 5.82 Å². The number of aromatic nitrogens is 3. The summed E-state index contributed by atoms with van der Waals surface area (Å²) in [7, 11) is 0. The molecule has 3 rings (SSSR count). The normalized spacial score (nSPS) is 10.8. The van der Waals surface area contributed by atoms with Crippen LogP contribution >= 0.6 is 15.9 Å². The summed E-state index contributed by atoms with van der Waals surface area (Å²) < 4.78 is 2.93. The zero-order valence-electron chi connectivity index (χ0n) is 11.6. The fourth-order valence-electron chi connectivity index (χ4n) is 2.35. The van der Waals surface area contributed by atoms with E-state index in [-0.39, 0.29) is 0 Å². The van der Waals surface area contributed by atoms with E-state index >= 15 is 0 Å².